The van der Waals surface area contributed by atoms with Crippen LogP contribution in [-0.4, -0.2) is 29.2 Å². The molecule has 0 aliphatic rings. The summed E-state index contributed by atoms with van der Waals surface area (Å²) < 4.78 is 33.7. The molecule has 0 unspecified atom stereocenters. The van der Waals surface area contributed by atoms with Crippen molar-refractivity contribution < 1.29 is 13.2 Å². The molecule has 0 nitrogen and oxygen atoms in total. The summed E-state index contributed by atoms with van der Waals surface area (Å²) in [6, 6.07) is 0. The van der Waals surface area contributed by atoms with E-state index >= 15 is 0 Å². The summed E-state index contributed by atoms with van der Waals surface area (Å²) in [7, 11) is 0. The summed E-state index contributed by atoms with van der Waals surface area (Å²) in [4.78, 5) is 0. The number of halogens is 3. The van der Waals surface area contributed by atoms with Gasteiger partial charge in [0.05, 0.1) is 0 Å². The molecule has 0 rings (SSSR count). The van der Waals surface area contributed by atoms with Crippen LogP contribution >= 0.6 is 0 Å². The van der Waals surface area contributed by atoms with Crippen molar-refractivity contribution in [3.8, 4) is 0 Å². The number of hydrogen-bond donors (Lipinski definition) is 0. The lowest BCUT2D eigenvalue weighted by Crippen LogP contribution is -2.05. The Morgan fingerprint density at radius 1 is 1.22 bits per heavy atom. The van der Waals surface area contributed by atoms with E-state index in [0.29, 0.717) is 6.42 Å². The highest BCUT2D eigenvalue weighted by molar-refractivity contribution is 5.75. The second-order valence-corrected chi connectivity index (χ2v) is 1.72. The normalized spacial score (nSPS) is 10.7. The minimum absolute atomic E-state index is 0. The van der Waals surface area contributed by atoms with Gasteiger partial charge in [0.1, 0.15) is 0 Å². The Morgan fingerprint density at radius 2 is 1.67 bits per heavy atom. The van der Waals surface area contributed by atoms with Gasteiger partial charge in [-0.05, 0) is 6.42 Å². The van der Waals surface area contributed by atoms with E-state index in [4.69, 9.17) is 0 Å². The maximum Gasteiger partial charge on any atom is 0.389 e. The molecule has 0 aromatic rings. The highest BCUT2D eigenvalue weighted by Gasteiger charge is 2.25. The van der Waals surface area contributed by atoms with Gasteiger partial charge in [-0.15, -0.1) is 0 Å². The van der Waals surface area contributed by atoms with E-state index in [1.54, 1.807) is 6.92 Å². The van der Waals surface area contributed by atoms with Crippen LogP contribution in [0.15, 0.2) is 0 Å². The fourth-order valence-corrected chi connectivity index (χ4v) is 0.377. The molecule has 0 N–H and O–H groups in total. The topological polar surface area (TPSA) is 0 Å². The lowest BCUT2D eigenvalue weighted by atomic mass is 10.2. The van der Waals surface area contributed by atoms with Gasteiger partial charge in [0.15, 0.2) is 0 Å². The van der Waals surface area contributed by atoms with Crippen LogP contribution in [0.4, 0.5) is 13.2 Å². The van der Waals surface area contributed by atoms with Crippen molar-refractivity contribution in [2.24, 2.45) is 0 Å². The number of alkyl halides is 3. The first-order valence-corrected chi connectivity index (χ1v) is 2.63. The van der Waals surface area contributed by atoms with Crippen molar-refractivity contribution in [2.45, 2.75) is 32.4 Å². The van der Waals surface area contributed by atoms with Gasteiger partial charge in [-0.2, -0.15) is 13.2 Å². The van der Waals surface area contributed by atoms with E-state index < -0.39 is 12.6 Å². The molecule has 0 bridgehead atoms. The molecule has 0 aliphatic carbocycles. The summed E-state index contributed by atoms with van der Waals surface area (Å²) in [5.41, 5.74) is 0. The smallest absolute Gasteiger partial charge is 0.171 e. The Kier molecular flexibility index (Phi) is 7.28. The van der Waals surface area contributed by atoms with Crippen molar-refractivity contribution in [1.29, 1.82) is 0 Å². The first-order valence-electron chi connectivity index (χ1n) is 2.63. The molecule has 0 heterocycles. The van der Waals surface area contributed by atoms with Gasteiger partial charge >= 0.3 is 29.2 Å². The zero-order chi connectivity index (χ0) is 6.62. The molecule has 0 saturated carbocycles. The van der Waals surface area contributed by atoms with Crippen LogP contribution in [0, 0.1) is 0 Å². The molecule has 0 atom stereocenters. The maximum atomic E-state index is 11.2. The van der Waals surface area contributed by atoms with Crippen molar-refractivity contribution in [3.63, 3.8) is 0 Å². The third-order valence-electron chi connectivity index (χ3n) is 0.814. The van der Waals surface area contributed by atoms with Crippen molar-refractivity contribution in [1.82, 2.24) is 0 Å². The van der Waals surface area contributed by atoms with Gasteiger partial charge in [-0.3, -0.25) is 0 Å². The van der Waals surface area contributed by atoms with Gasteiger partial charge in [0.2, 0.25) is 0 Å². The second-order valence-electron chi connectivity index (χ2n) is 1.72. The highest BCUT2D eigenvalue weighted by atomic mass is 24.3. The van der Waals surface area contributed by atoms with E-state index in [9.17, 15) is 13.2 Å². The molecular formula is C5H11F3Mg. The predicted molar refractivity (Wildman–Crippen MR) is 34.1 cm³/mol. The minimum Gasteiger partial charge on any atom is -0.171 e. The Labute approximate surface area is 69.0 Å². The van der Waals surface area contributed by atoms with Crippen molar-refractivity contribution >= 4 is 23.1 Å². The summed E-state index contributed by atoms with van der Waals surface area (Å²) >= 11 is 0. The quantitative estimate of drug-likeness (QED) is 0.530. The summed E-state index contributed by atoms with van der Waals surface area (Å²) in [5, 5.41) is 0. The van der Waals surface area contributed by atoms with Crippen molar-refractivity contribution in [3.05, 3.63) is 0 Å². The predicted octanol–water partition coefficient (Wildman–Crippen LogP) is 1.82. The molecule has 0 amide bonds. The van der Waals surface area contributed by atoms with Crippen LogP contribution < -0.4 is 0 Å². The van der Waals surface area contributed by atoms with Crippen LogP contribution in [-0.2, 0) is 0 Å². The Balaban J connectivity index is 0. The van der Waals surface area contributed by atoms with Crippen LogP contribution in [0.1, 0.15) is 26.2 Å². The number of hydrogen-bond acceptors (Lipinski definition) is 0. The summed E-state index contributed by atoms with van der Waals surface area (Å²) in [6.07, 6.45) is -3.72. The molecule has 0 spiro atoms. The zero-order valence-corrected chi connectivity index (χ0v) is 4.76. The fourth-order valence-electron chi connectivity index (χ4n) is 0.377. The lowest BCUT2D eigenvalue weighted by Gasteiger charge is -2.02. The van der Waals surface area contributed by atoms with E-state index in [-0.39, 0.29) is 29.5 Å². The molecule has 9 heavy (non-hydrogen) atoms. The third kappa shape index (κ3) is 11.9. The van der Waals surface area contributed by atoms with Crippen LogP contribution in [0.2, 0.25) is 0 Å². The van der Waals surface area contributed by atoms with Gasteiger partial charge in [0.25, 0.3) is 0 Å². The van der Waals surface area contributed by atoms with E-state index in [2.05, 4.69) is 0 Å². The third-order valence-corrected chi connectivity index (χ3v) is 0.814. The van der Waals surface area contributed by atoms with Crippen LogP contribution in [0.3, 0.4) is 0 Å². The van der Waals surface area contributed by atoms with Gasteiger partial charge < -0.3 is 0 Å². The number of rotatable bonds is 2. The average molecular weight is 152 g/mol. The largest absolute Gasteiger partial charge is 0.389 e. The molecule has 0 aliphatic heterocycles. The molecule has 54 valence electrons. The van der Waals surface area contributed by atoms with Gasteiger partial charge in [0, 0.05) is 6.42 Å². The molecule has 0 aromatic heterocycles. The Bertz CT molecular complexity index is 59.7. The summed E-state index contributed by atoms with van der Waals surface area (Å²) in [6.45, 7) is 1.74. The average Bonchev–Trinajstić information content (AvgIpc) is 1.59. The van der Waals surface area contributed by atoms with E-state index in [1.165, 1.54) is 0 Å². The second kappa shape index (κ2) is 5.35. The van der Waals surface area contributed by atoms with E-state index in [0.717, 1.165) is 0 Å². The Morgan fingerprint density at radius 3 is 1.78 bits per heavy atom. The Hall–Kier alpha value is 0.556. The van der Waals surface area contributed by atoms with Gasteiger partial charge in [-0.1, -0.05) is 13.3 Å². The molecular weight excluding hydrogens is 141 g/mol. The fraction of sp³-hybridized carbons (Fsp3) is 1.00. The van der Waals surface area contributed by atoms with Crippen molar-refractivity contribution in [2.75, 3.05) is 0 Å². The molecule has 4 heteroatoms. The van der Waals surface area contributed by atoms with E-state index in [1.807, 2.05) is 0 Å². The minimum atomic E-state index is -3.95. The summed E-state index contributed by atoms with van der Waals surface area (Å²) in [5.74, 6) is 0. The molecule has 0 saturated heterocycles. The molecule has 0 fully saturated rings. The monoisotopic (exact) mass is 152 g/mol. The first kappa shape index (κ1) is 12.3. The SMILES string of the molecule is CCCCC(F)(F)F.[MgH2]. The van der Waals surface area contributed by atoms with Gasteiger partial charge in [-0.25, -0.2) is 0 Å². The van der Waals surface area contributed by atoms with Crippen LogP contribution in [0.25, 0.3) is 0 Å². The first-order chi connectivity index (χ1) is 3.56. The van der Waals surface area contributed by atoms with Crippen LogP contribution in [0.5, 0.6) is 0 Å². The standard InChI is InChI=1S/C5H9F3.Mg.2H/c1-2-3-4-5(6,7)8;;;/h2-4H2,1H3;;;. The zero-order valence-electron chi connectivity index (χ0n) is 4.76. The molecule has 0 aromatic carbocycles. The molecule has 0 radical (unpaired) electrons. The maximum absolute atomic E-state index is 11.2. The number of unbranched alkanes of at least 4 members (excludes halogenated alkanes) is 1. The highest BCUT2D eigenvalue weighted by Crippen LogP contribution is 2.21. The lowest BCUT2D eigenvalue weighted by molar-refractivity contribution is -0.135.